The first-order chi connectivity index (χ1) is 14.5. The van der Waals surface area contributed by atoms with Gasteiger partial charge in [0, 0.05) is 30.4 Å². The number of aromatic amines is 1. The molecule has 30 heavy (non-hydrogen) atoms. The summed E-state index contributed by atoms with van der Waals surface area (Å²) in [7, 11) is 0. The van der Waals surface area contributed by atoms with Crippen LogP contribution < -0.4 is 0 Å². The summed E-state index contributed by atoms with van der Waals surface area (Å²) in [6, 6.07) is 11.8. The Hall–Kier alpha value is -3.74. The second-order valence-electron chi connectivity index (χ2n) is 7.24. The fraction of sp³-hybridized carbons (Fsp3) is 0.174. The molecule has 1 aromatic heterocycles. The van der Waals surface area contributed by atoms with Crippen molar-refractivity contribution in [3.8, 4) is 0 Å². The lowest BCUT2D eigenvalue weighted by Crippen LogP contribution is -2.31. The number of carbonyl (C=O) groups is 2. The van der Waals surface area contributed by atoms with E-state index in [0.717, 1.165) is 11.3 Å². The minimum atomic E-state index is -0.884. The molecule has 1 saturated heterocycles. The van der Waals surface area contributed by atoms with Crippen LogP contribution >= 0.6 is 0 Å². The van der Waals surface area contributed by atoms with Gasteiger partial charge < -0.3 is 15.0 Å². The van der Waals surface area contributed by atoms with Crippen molar-refractivity contribution in [1.29, 1.82) is 0 Å². The van der Waals surface area contributed by atoms with Crippen LogP contribution in [-0.4, -0.2) is 38.2 Å². The highest BCUT2D eigenvalue weighted by atomic mass is 19.1. The average molecular weight is 405 g/mol. The van der Waals surface area contributed by atoms with E-state index >= 15 is 0 Å². The number of amides is 1. The normalized spacial score (nSPS) is 18.2. The Bertz CT molecular complexity index is 1120. The number of benzene rings is 2. The number of H-pyrrole nitrogens is 1. The summed E-state index contributed by atoms with van der Waals surface area (Å²) in [5.74, 6) is -2.27. The molecule has 3 aromatic rings. The molecule has 2 N–H and O–H groups in total. The van der Waals surface area contributed by atoms with E-state index < -0.39 is 23.5 Å². The van der Waals surface area contributed by atoms with Gasteiger partial charge in [0.1, 0.15) is 11.6 Å². The van der Waals surface area contributed by atoms with Gasteiger partial charge in [0.05, 0.1) is 17.9 Å². The van der Waals surface area contributed by atoms with Crippen molar-refractivity contribution < 1.29 is 19.1 Å². The molecule has 0 aliphatic carbocycles. The molecule has 2 aromatic carbocycles. The Morgan fingerprint density at radius 2 is 1.97 bits per heavy atom. The zero-order chi connectivity index (χ0) is 21.3. The van der Waals surface area contributed by atoms with Crippen molar-refractivity contribution in [1.82, 2.24) is 14.9 Å². The third kappa shape index (κ3) is 3.61. The van der Waals surface area contributed by atoms with E-state index in [2.05, 4.69) is 9.97 Å². The van der Waals surface area contributed by atoms with E-state index in [9.17, 15) is 19.1 Å². The Balaban J connectivity index is 1.80. The number of ketones is 1. The van der Waals surface area contributed by atoms with Crippen molar-refractivity contribution in [2.24, 2.45) is 0 Å². The number of hydrogen-bond acceptors (Lipinski definition) is 4. The SMILES string of the molecule is Cc1ccc(C(O)=C2C(=O)C(=O)N(CCc3cnc[nH]3)[C@@H]2c2cccc(F)c2)cc1. The molecule has 1 amide bonds. The van der Waals surface area contributed by atoms with Crippen LogP contribution in [0, 0.1) is 12.7 Å². The molecule has 1 atom stereocenters. The van der Waals surface area contributed by atoms with E-state index in [1.54, 1.807) is 36.5 Å². The van der Waals surface area contributed by atoms with Gasteiger partial charge in [-0.2, -0.15) is 0 Å². The number of aryl methyl sites for hydroxylation is 1. The molecule has 1 aliphatic rings. The van der Waals surface area contributed by atoms with Crippen LogP contribution in [0.25, 0.3) is 5.76 Å². The number of Topliss-reactive ketones (excluding diaryl/α,β-unsaturated/α-hetero) is 1. The van der Waals surface area contributed by atoms with Crippen molar-refractivity contribution in [2.75, 3.05) is 6.54 Å². The van der Waals surface area contributed by atoms with Crippen molar-refractivity contribution in [2.45, 2.75) is 19.4 Å². The van der Waals surface area contributed by atoms with Gasteiger partial charge in [-0.3, -0.25) is 9.59 Å². The Morgan fingerprint density at radius 1 is 1.20 bits per heavy atom. The minimum Gasteiger partial charge on any atom is -0.507 e. The summed E-state index contributed by atoms with van der Waals surface area (Å²) in [5.41, 5.74) is 2.60. The molecule has 6 nitrogen and oxygen atoms in total. The number of halogens is 1. The smallest absolute Gasteiger partial charge is 0.295 e. The molecular formula is C23H20FN3O3. The van der Waals surface area contributed by atoms with Gasteiger partial charge in [0.2, 0.25) is 0 Å². The number of nitrogens with zero attached hydrogens (tertiary/aromatic N) is 2. The van der Waals surface area contributed by atoms with Gasteiger partial charge in [0.15, 0.2) is 0 Å². The molecule has 4 rings (SSSR count). The summed E-state index contributed by atoms with van der Waals surface area (Å²) in [4.78, 5) is 34.0. The Kier molecular flexibility index (Phi) is 5.18. The molecule has 7 heteroatoms. The molecule has 0 saturated carbocycles. The summed E-state index contributed by atoms with van der Waals surface area (Å²) in [6.45, 7) is 2.11. The maximum absolute atomic E-state index is 14.0. The monoisotopic (exact) mass is 405 g/mol. The van der Waals surface area contributed by atoms with Gasteiger partial charge in [-0.1, -0.05) is 42.0 Å². The summed E-state index contributed by atoms with van der Waals surface area (Å²) in [5, 5.41) is 10.9. The first-order valence-electron chi connectivity index (χ1n) is 9.54. The predicted molar refractivity (Wildman–Crippen MR) is 109 cm³/mol. The first-order valence-corrected chi connectivity index (χ1v) is 9.54. The summed E-state index contributed by atoms with van der Waals surface area (Å²) in [6.07, 6.45) is 3.61. The van der Waals surface area contributed by atoms with E-state index in [1.165, 1.54) is 29.4 Å². The number of aromatic nitrogens is 2. The number of rotatable bonds is 5. The van der Waals surface area contributed by atoms with Crippen LogP contribution in [0.5, 0.6) is 0 Å². The van der Waals surface area contributed by atoms with Crippen molar-refractivity contribution in [3.05, 3.63) is 94.8 Å². The molecule has 2 heterocycles. The standard InChI is InChI=1S/C23H20FN3O3/c1-14-5-7-15(8-6-14)21(28)19-20(16-3-2-4-17(24)11-16)27(23(30)22(19)29)10-9-18-12-25-13-26-18/h2-8,11-13,20,28H,9-10H2,1H3,(H,25,26)/t20-/m1/s1. The predicted octanol–water partition coefficient (Wildman–Crippen LogP) is 3.52. The van der Waals surface area contributed by atoms with E-state index in [4.69, 9.17) is 0 Å². The second-order valence-corrected chi connectivity index (χ2v) is 7.24. The highest BCUT2D eigenvalue weighted by Crippen LogP contribution is 2.39. The minimum absolute atomic E-state index is 0.0425. The maximum atomic E-state index is 14.0. The molecule has 152 valence electrons. The molecule has 0 unspecified atom stereocenters. The molecule has 1 fully saturated rings. The number of likely N-dealkylation sites (tertiary alicyclic amines) is 1. The van der Waals surface area contributed by atoms with Gasteiger partial charge in [-0.15, -0.1) is 0 Å². The maximum Gasteiger partial charge on any atom is 0.295 e. The van der Waals surface area contributed by atoms with E-state index in [0.29, 0.717) is 17.5 Å². The van der Waals surface area contributed by atoms with Crippen LogP contribution in [0.15, 0.2) is 66.6 Å². The van der Waals surface area contributed by atoms with E-state index in [-0.39, 0.29) is 17.9 Å². The van der Waals surface area contributed by atoms with Crippen LogP contribution in [0.4, 0.5) is 4.39 Å². The molecular weight excluding hydrogens is 385 g/mol. The molecule has 0 bridgehead atoms. The van der Waals surface area contributed by atoms with Crippen LogP contribution in [0.3, 0.4) is 0 Å². The molecule has 0 radical (unpaired) electrons. The summed E-state index contributed by atoms with van der Waals surface area (Å²) < 4.78 is 14.0. The second kappa shape index (κ2) is 7.94. The van der Waals surface area contributed by atoms with E-state index in [1.807, 2.05) is 6.92 Å². The van der Waals surface area contributed by atoms with Gasteiger partial charge >= 0.3 is 0 Å². The first kappa shape index (κ1) is 19.6. The molecule has 0 spiro atoms. The number of aliphatic hydroxyl groups excluding tert-OH is 1. The lowest BCUT2D eigenvalue weighted by atomic mass is 9.95. The van der Waals surface area contributed by atoms with Crippen LogP contribution in [0.2, 0.25) is 0 Å². The topological polar surface area (TPSA) is 86.3 Å². The lowest BCUT2D eigenvalue weighted by molar-refractivity contribution is -0.139. The Morgan fingerprint density at radius 3 is 2.63 bits per heavy atom. The summed E-state index contributed by atoms with van der Waals surface area (Å²) >= 11 is 0. The van der Waals surface area contributed by atoms with Gasteiger partial charge in [-0.05, 0) is 24.6 Å². The highest BCUT2D eigenvalue weighted by Gasteiger charge is 2.45. The van der Waals surface area contributed by atoms with Crippen LogP contribution in [0.1, 0.15) is 28.4 Å². The number of aliphatic hydroxyl groups is 1. The zero-order valence-corrected chi connectivity index (χ0v) is 16.3. The number of imidazole rings is 1. The van der Waals surface area contributed by atoms with Crippen LogP contribution in [-0.2, 0) is 16.0 Å². The number of carbonyl (C=O) groups excluding carboxylic acids is 2. The van der Waals surface area contributed by atoms with Crippen molar-refractivity contribution in [3.63, 3.8) is 0 Å². The molecule has 1 aliphatic heterocycles. The highest BCUT2D eigenvalue weighted by molar-refractivity contribution is 6.46. The van der Waals surface area contributed by atoms with Crippen molar-refractivity contribution >= 4 is 17.4 Å². The fourth-order valence-corrected chi connectivity index (χ4v) is 3.66. The third-order valence-electron chi connectivity index (χ3n) is 5.21. The number of nitrogens with one attached hydrogen (secondary N) is 1. The van der Waals surface area contributed by atoms with Gasteiger partial charge in [-0.25, -0.2) is 9.37 Å². The quantitative estimate of drug-likeness (QED) is 0.386. The largest absolute Gasteiger partial charge is 0.507 e. The number of hydrogen-bond donors (Lipinski definition) is 2. The van der Waals surface area contributed by atoms with Gasteiger partial charge in [0.25, 0.3) is 11.7 Å². The average Bonchev–Trinajstić information content (AvgIpc) is 3.34. The Labute approximate surface area is 172 Å². The third-order valence-corrected chi connectivity index (χ3v) is 5.21. The fourth-order valence-electron chi connectivity index (χ4n) is 3.66. The zero-order valence-electron chi connectivity index (χ0n) is 16.3. The lowest BCUT2D eigenvalue weighted by Gasteiger charge is -2.25.